The van der Waals surface area contributed by atoms with Gasteiger partial charge in [-0.25, -0.2) is 8.42 Å². The molecular weight excluding hydrogens is 290 g/mol. The zero-order valence-corrected chi connectivity index (χ0v) is 13.0. The minimum atomic E-state index is -3.39. The van der Waals surface area contributed by atoms with Gasteiger partial charge in [0, 0.05) is 11.4 Å². The molecule has 3 nitrogen and oxygen atoms in total. The van der Waals surface area contributed by atoms with E-state index in [9.17, 15) is 8.42 Å². The summed E-state index contributed by atoms with van der Waals surface area (Å²) in [5.74, 6) is 0. The predicted octanol–water partition coefficient (Wildman–Crippen LogP) is 3.58. The van der Waals surface area contributed by atoms with E-state index in [4.69, 9.17) is 0 Å². The summed E-state index contributed by atoms with van der Waals surface area (Å²) in [6, 6.07) is 11.1. The van der Waals surface area contributed by atoms with Crippen molar-refractivity contribution in [1.29, 1.82) is 0 Å². The maximum absolute atomic E-state index is 12.8. The first-order valence-electron chi connectivity index (χ1n) is 6.71. The van der Waals surface area contributed by atoms with E-state index in [0.29, 0.717) is 11.4 Å². The molecule has 2 heterocycles. The van der Waals surface area contributed by atoms with Gasteiger partial charge in [-0.1, -0.05) is 23.8 Å². The first kappa shape index (κ1) is 13.8. The van der Waals surface area contributed by atoms with Gasteiger partial charge >= 0.3 is 0 Å². The second kappa shape index (κ2) is 5.31. The second-order valence-corrected chi connectivity index (χ2v) is 7.97. The summed E-state index contributed by atoms with van der Waals surface area (Å²) >= 11 is 1.63. The summed E-state index contributed by atoms with van der Waals surface area (Å²) in [7, 11) is -3.39. The van der Waals surface area contributed by atoms with E-state index in [1.54, 1.807) is 27.8 Å². The molecule has 0 spiro atoms. The highest BCUT2D eigenvalue weighted by atomic mass is 32.2. The van der Waals surface area contributed by atoms with Crippen LogP contribution in [0.1, 0.15) is 29.3 Å². The number of hydrogen-bond acceptors (Lipinski definition) is 3. The summed E-state index contributed by atoms with van der Waals surface area (Å²) in [4.78, 5) is 1.53. The maximum atomic E-state index is 12.8. The van der Waals surface area contributed by atoms with Crippen molar-refractivity contribution in [3.63, 3.8) is 0 Å². The predicted molar refractivity (Wildman–Crippen MR) is 81.4 cm³/mol. The first-order valence-corrected chi connectivity index (χ1v) is 9.03. The lowest BCUT2D eigenvalue weighted by Gasteiger charge is -2.23. The maximum Gasteiger partial charge on any atom is 0.243 e. The van der Waals surface area contributed by atoms with Crippen LogP contribution in [0.3, 0.4) is 0 Å². The van der Waals surface area contributed by atoms with E-state index in [0.717, 1.165) is 23.3 Å². The molecule has 1 atom stereocenters. The van der Waals surface area contributed by atoms with Crippen molar-refractivity contribution in [2.75, 3.05) is 6.54 Å². The smallest absolute Gasteiger partial charge is 0.207 e. The van der Waals surface area contributed by atoms with Gasteiger partial charge in [-0.15, -0.1) is 11.3 Å². The molecule has 0 bridgehead atoms. The Hall–Kier alpha value is -1.17. The van der Waals surface area contributed by atoms with Crippen molar-refractivity contribution in [2.24, 2.45) is 0 Å². The third-order valence-corrected chi connectivity index (χ3v) is 6.60. The molecule has 1 aromatic carbocycles. The molecule has 5 heteroatoms. The van der Waals surface area contributed by atoms with Gasteiger partial charge in [0.25, 0.3) is 0 Å². The number of hydrogen-bond donors (Lipinski definition) is 0. The lowest BCUT2D eigenvalue weighted by atomic mass is 10.2. The van der Waals surface area contributed by atoms with Gasteiger partial charge in [0.2, 0.25) is 10.0 Å². The average Bonchev–Trinajstić information content (AvgIpc) is 3.10. The third kappa shape index (κ3) is 2.41. The van der Waals surface area contributed by atoms with Crippen LogP contribution in [0.4, 0.5) is 0 Å². The molecule has 106 valence electrons. The number of rotatable bonds is 3. The Balaban J connectivity index is 1.96. The van der Waals surface area contributed by atoms with Crippen molar-refractivity contribution in [1.82, 2.24) is 4.31 Å². The van der Waals surface area contributed by atoms with Gasteiger partial charge in [0.05, 0.1) is 10.9 Å². The summed E-state index contributed by atoms with van der Waals surface area (Å²) in [5, 5.41) is 2.00. The van der Waals surface area contributed by atoms with Crippen molar-refractivity contribution >= 4 is 21.4 Å². The highest BCUT2D eigenvalue weighted by Crippen LogP contribution is 2.38. The van der Waals surface area contributed by atoms with Crippen LogP contribution in [0.15, 0.2) is 46.7 Å². The Morgan fingerprint density at radius 2 is 1.95 bits per heavy atom. The number of nitrogens with zero attached hydrogens (tertiary/aromatic N) is 1. The SMILES string of the molecule is Cc1ccc(S(=O)(=O)N2CCC[C@H]2c2cccs2)cc1. The van der Waals surface area contributed by atoms with Crippen LogP contribution in [-0.4, -0.2) is 19.3 Å². The molecule has 1 aliphatic heterocycles. The average molecular weight is 307 g/mol. The first-order chi connectivity index (χ1) is 9.59. The van der Waals surface area contributed by atoms with Crippen molar-refractivity contribution in [3.8, 4) is 0 Å². The molecule has 1 aliphatic rings. The number of benzene rings is 1. The van der Waals surface area contributed by atoms with E-state index >= 15 is 0 Å². The zero-order chi connectivity index (χ0) is 14.2. The van der Waals surface area contributed by atoms with Gasteiger partial charge in [-0.2, -0.15) is 4.31 Å². The highest BCUT2D eigenvalue weighted by Gasteiger charge is 2.36. The summed E-state index contributed by atoms with van der Waals surface area (Å²) < 4.78 is 27.2. The monoisotopic (exact) mass is 307 g/mol. The van der Waals surface area contributed by atoms with Gasteiger partial charge < -0.3 is 0 Å². The third-order valence-electron chi connectivity index (χ3n) is 3.70. The van der Waals surface area contributed by atoms with E-state index in [1.807, 2.05) is 36.6 Å². The molecule has 3 rings (SSSR count). The number of thiophene rings is 1. The van der Waals surface area contributed by atoms with Crippen molar-refractivity contribution in [3.05, 3.63) is 52.2 Å². The van der Waals surface area contributed by atoms with Crippen molar-refractivity contribution < 1.29 is 8.42 Å². The largest absolute Gasteiger partial charge is 0.243 e. The number of aryl methyl sites for hydroxylation is 1. The lowest BCUT2D eigenvalue weighted by molar-refractivity contribution is 0.401. The molecule has 0 amide bonds. The van der Waals surface area contributed by atoms with Crippen LogP contribution in [0, 0.1) is 6.92 Å². The standard InChI is InChI=1S/C15H17NO2S2/c1-12-6-8-13(9-7-12)20(17,18)16-10-2-4-14(16)15-5-3-11-19-15/h3,5-9,11,14H,2,4,10H2,1H3/t14-/m0/s1. The second-order valence-electron chi connectivity index (χ2n) is 5.10. The van der Waals surface area contributed by atoms with Gasteiger partial charge in [-0.05, 0) is 43.3 Å². The van der Waals surface area contributed by atoms with Crippen molar-refractivity contribution in [2.45, 2.75) is 30.7 Å². The molecule has 1 aromatic heterocycles. The Labute approximate surface area is 123 Å². The van der Waals surface area contributed by atoms with Crippen LogP contribution in [0.5, 0.6) is 0 Å². The van der Waals surface area contributed by atoms with Crippen LogP contribution in [-0.2, 0) is 10.0 Å². The quantitative estimate of drug-likeness (QED) is 0.869. The Morgan fingerprint density at radius 3 is 2.60 bits per heavy atom. The Bertz CT molecular complexity index is 675. The minimum Gasteiger partial charge on any atom is -0.207 e. The Morgan fingerprint density at radius 1 is 1.20 bits per heavy atom. The molecule has 2 aromatic rings. The molecule has 0 radical (unpaired) electrons. The Kier molecular flexibility index (Phi) is 3.67. The zero-order valence-electron chi connectivity index (χ0n) is 11.3. The fraction of sp³-hybridized carbons (Fsp3) is 0.333. The molecule has 0 unspecified atom stereocenters. The van der Waals surface area contributed by atoms with E-state index in [1.165, 1.54) is 0 Å². The molecule has 1 fully saturated rings. The molecule has 0 aliphatic carbocycles. The molecule has 20 heavy (non-hydrogen) atoms. The fourth-order valence-electron chi connectivity index (χ4n) is 2.64. The normalized spacial score (nSPS) is 20.4. The van der Waals surface area contributed by atoms with E-state index in [-0.39, 0.29) is 6.04 Å². The molecule has 0 N–H and O–H groups in total. The summed E-state index contributed by atoms with van der Waals surface area (Å²) in [6.07, 6.45) is 1.83. The summed E-state index contributed by atoms with van der Waals surface area (Å²) in [5.41, 5.74) is 1.07. The van der Waals surface area contributed by atoms with Gasteiger partial charge in [-0.3, -0.25) is 0 Å². The van der Waals surface area contributed by atoms with Crippen LogP contribution in [0.25, 0.3) is 0 Å². The van der Waals surface area contributed by atoms with E-state index in [2.05, 4.69) is 0 Å². The van der Waals surface area contributed by atoms with Crippen LogP contribution in [0.2, 0.25) is 0 Å². The highest BCUT2D eigenvalue weighted by molar-refractivity contribution is 7.89. The van der Waals surface area contributed by atoms with Gasteiger partial charge in [0.1, 0.15) is 0 Å². The summed E-state index contributed by atoms with van der Waals surface area (Å²) in [6.45, 7) is 2.57. The minimum absolute atomic E-state index is 0.00121. The fourth-order valence-corrected chi connectivity index (χ4v) is 5.25. The number of sulfonamides is 1. The topological polar surface area (TPSA) is 37.4 Å². The van der Waals surface area contributed by atoms with Crippen LogP contribution < -0.4 is 0 Å². The molecule has 0 saturated carbocycles. The van der Waals surface area contributed by atoms with Crippen LogP contribution >= 0.6 is 11.3 Å². The van der Waals surface area contributed by atoms with E-state index < -0.39 is 10.0 Å². The molecular formula is C15H17NO2S2. The van der Waals surface area contributed by atoms with Gasteiger partial charge in [0.15, 0.2) is 0 Å². The molecule has 1 saturated heterocycles. The lowest BCUT2D eigenvalue weighted by Crippen LogP contribution is -2.30.